The first kappa shape index (κ1) is 10.4. The van der Waals surface area contributed by atoms with Crippen LogP contribution in [0.5, 0.6) is 5.75 Å². The van der Waals surface area contributed by atoms with E-state index in [2.05, 4.69) is 12.3 Å². The lowest BCUT2D eigenvalue weighted by atomic mass is 10.2. The molecule has 1 aromatic carbocycles. The molecule has 0 aliphatic rings. The first-order valence-electron chi connectivity index (χ1n) is 4.53. The average molecular weight is 186 g/mol. The maximum absolute atomic E-state index is 5.59. The summed E-state index contributed by atoms with van der Waals surface area (Å²) in [5.41, 5.74) is 3.87. The minimum Gasteiger partial charge on any atom is -0.457 e. The molecule has 1 nitrogen and oxygen atoms in total. The molecule has 0 radical (unpaired) electrons. The third kappa shape index (κ3) is 2.96. The molecule has 1 rings (SSSR count). The zero-order valence-corrected chi connectivity index (χ0v) is 8.58. The van der Waals surface area contributed by atoms with Crippen LogP contribution in [0.15, 0.2) is 54.5 Å². The van der Waals surface area contributed by atoms with Gasteiger partial charge in [0.15, 0.2) is 0 Å². The Labute approximate surface area is 85.0 Å². The largest absolute Gasteiger partial charge is 0.457 e. The summed E-state index contributed by atoms with van der Waals surface area (Å²) in [6, 6.07) is 7.91. The molecule has 0 aromatic heterocycles. The maximum atomic E-state index is 5.59. The smallest absolute Gasteiger partial charge is 0.130 e. The minimum atomic E-state index is 0.755. The van der Waals surface area contributed by atoms with Crippen LogP contribution in [0.25, 0.3) is 0 Å². The van der Waals surface area contributed by atoms with Gasteiger partial charge in [0.2, 0.25) is 0 Å². The van der Waals surface area contributed by atoms with Crippen molar-refractivity contribution >= 4 is 0 Å². The van der Waals surface area contributed by atoms with Gasteiger partial charge in [0.05, 0.1) is 0 Å². The Hall–Kier alpha value is -1.72. The molecule has 0 fully saturated rings. The van der Waals surface area contributed by atoms with Gasteiger partial charge in [-0.25, -0.2) is 0 Å². The predicted molar refractivity (Wildman–Crippen MR) is 59.3 cm³/mol. The fourth-order valence-corrected chi connectivity index (χ4v) is 1.09. The van der Waals surface area contributed by atoms with Gasteiger partial charge in [-0.2, -0.15) is 0 Å². The van der Waals surface area contributed by atoms with E-state index >= 15 is 0 Å². The van der Waals surface area contributed by atoms with Crippen LogP contribution in [0.3, 0.4) is 0 Å². The molecule has 0 N–H and O–H groups in total. The highest BCUT2D eigenvalue weighted by Gasteiger charge is 1.95. The molecule has 0 bridgehead atoms. The maximum Gasteiger partial charge on any atom is 0.130 e. The molecule has 72 valence electrons. The summed E-state index contributed by atoms with van der Waals surface area (Å²) >= 11 is 0. The number of hydrogen-bond donors (Lipinski definition) is 0. The second-order valence-corrected chi connectivity index (χ2v) is 2.96. The zero-order chi connectivity index (χ0) is 10.4. The van der Waals surface area contributed by atoms with Crippen LogP contribution in [0, 0.1) is 6.92 Å². The van der Waals surface area contributed by atoms with Gasteiger partial charge in [0, 0.05) is 6.08 Å². The van der Waals surface area contributed by atoms with Crippen molar-refractivity contribution in [2.75, 3.05) is 0 Å². The lowest BCUT2D eigenvalue weighted by molar-refractivity contribution is 0.443. The summed E-state index contributed by atoms with van der Waals surface area (Å²) in [4.78, 5) is 0. The van der Waals surface area contributed by atoms with Crippen molar-refractivity contribution in [3.63, 3.8) is 0 Å². The quantitative estimate of drug-likeness (QED) is 0.398. The summed E-state index contributed by atoms with van der Waals surface area (Å²) < 4.78 is 5.59. The fourth-order valence-electron chi connectivity index (χ4n) is 1.09. The van der Waals surface area contributed by atoms with Crippen molar-refractivity contribution in [1.29, 1.82) is 0 Å². The van der Waals surface area contributed by atoms with Gasteiger partial charge in [0.1, 0.15) is 11.5 Å². The van der Waals surface area contributed by atoms with E-state index in [1.54, 1.807) is 6.08 Å². The van der Waals surface area contributed by atoms with Gasteiger partial charge < -0.3 is 4.74 Å². The van der Waals surface area contributed by atoms with Gasteiger partial charge in [-0.3, -0.25) is 0 Å². The number of ether oxygens (including phenoxy) is 1. The third-order valence-corrected chi connectivity index (χ3v) is 1.75. The molecule has 0 saturated heterocycles. The molecule has 0 amide bonds. The number of hydrogen-bond acceptors (Lipinski definition) is 1. The molecule has 1 heteroatoms. The Morgan fingerprint density at radius 2 is 2.29 bits per heavy atom. The van der Waals surface area contributed by atoms with Crippen molar-refractivity contribution in [3.8, 4) is 5.75 Å². The van der Waals surface area contributed by atoms with E-state index in [0.29, 0.717) is 0 Å². The Morgan fingerprint density at radius 1 is 1.50 bits per heavy atom. The molecular formula is C13H14O. The van der Waals surface area contributed by atoms with Crippen LogP contribution in [0.4, 0.5) is 0 Å². The fraction of sp³-hybridized carbons (Fsp3) is 0.154. The number of allylic oxidation sites excluding steroid dienone is 2. The van der Waals surface area contributed by atoms with Crippen LogP contribution < -0.4 is 4.74 Å². The number of aryl methyl sites for hydroxylation is 1. The Bertz CT molecular complexity index is 382. The summed E-state index contributed by atoms with van der Waals surface area (Å²) in [7, 11) is 0. The summed E-state index contributed by atoms with van der Waals surface area (Å²) in [6.45, 7) is 7.46. The van der Waals surface area contributed by atoms with E-state index in [-0.39, 0.29) is 0 Å². The highest BCUT2D eigenvalue weighted by Crippen LogP contribution is 2.15. The topological polar surface area (TPSA) is 9.23 Å². The first-order chi connectivity index (χ1) is 6.76. The van der Waals surface area contributed by atoms with Crippen molar-refractivity contribution < 1.29 is 4.74 Å². The van der Waals surface area contributed by atoms with E-state index in [4.69, 9.17) is 4.74 Å². The average Bonchev–Trinajstić information content (AvgIpc) is 2.17. The standard InChI is InChI=1S/C13H14O/c1-4-7-12(5-2)14-13-9-6-8-11(3)10-13/h5-10H,1H2,2-3H3/b12-5+. The van der Waals surface area contributed by atoms with Crippen molar-refractivity contribution in [1.82, 2.24) is 0 Å². The number of rotatable bonds is 3. The van der Waals surface area contributed by atoms with Crippen molar-refractivity contribution in [3.05, 3.63) is 60.1 Å². The lowest BCUT2D eigenvalue weighted by Crippen LogP contribution is -1.91. The van der Waals surface area contributed by atoms with E-state index in [1.807, 2.05) is 44.2 Å². The second-order valence-electron chi connectivity index (χ2n) is 2.96. The van der Waals surface area contributed by atoms with Crippen molar-refractivity contribution in [2.24, 2.45) is 0 Å². The van der Waals surface area contributed by atoms with Crippen LogP contribution in [0.1, 0.15) is 12.5 Å². The van der Waals surface area contributed by atoms with Crippen molar-refractivity contribution in [2.45, 2.75) is 13.8 Å². The molecular weight excluding hydrogens is 172 g/mol. The first-order valence-corrected chi connectivity index (χ1v) is 4.53. The molecule has 14 heavy (non-hydrogen) atoms. The highest BCUT2D eigenvalue weighted by molar-refractivity contribution is 5.30. The van der Waals surface area contributed by atoms with Crippen LogP contribution >= 0.6 is 0 Å². The summed E-state index contributed by atoms with van der Waals surface area (Å²) in [5.74, 6) is 1.59. The SMILES string of the molecule is C=C=C/C(=C\C)Oc1cccc(C)c1. The van der Waals surface area contributed by atoms with E-state index in [1.165, 1.54) is 5.56 Å². The normalized spacial score (nSPS) is 10.6. The van der Waals surface area contributed by atoms with E-state index in [0.717, 1.165) is 11.5 Å². The van der Waals surface area contributed by atoms with Gasteiger partial charge in [-0.15, -0.1) is 5.73 Å². The Balaban J connectivity index is 2.82. The minimum absolute atomic E-state index is 0.755. The third-order valence-electron chi connectivity index (χ3n) is 1.75. The van der Waals surface area contributed by atoms with Crippen LogP contribution in [-0.2, 0) is 0 Å². The van der Waals surface area contributed by atoms with Gasteiger partial charge in [-0.05, 0) is 37.6 Å². The van der Waals surface area contributed by atoms with Gasteiger partial charge in [0.25, 0.3) is 0 Å². The molecule has 0 saturated carbocycles. The van der Waals surface area contributed by atoms with Crippen LogP contribution in [0.2, 0.25) is 0 Å². The van der Waals surface area contributed by atoms with Gasteiger partial charge in [-0.1, -0.05) is 18.7 Å². The molecule has 0 heterocycles. The summed E-state index contributed by atoms with van der Waals surface area (Å²) in [5, 5.41) is 0. The number of benzene rings is 1. The summed E-state index contributed by atoms with van der Waals surface area (Å²) in [6.07, 6.45) is 3.59. The molecule has 0 aliphatic heterocycles. The highest BCUT2D eigenvalue weighted by atomic mass is 16.5. The lowest BCUT2D eigenvalue weighted by Gasteiger charge is -2.05. The molecule has 0 unspecified atom stereocenters. The van der Waals surface area contributed by atoms with E-state index < -0.39 is 0 Å². The van der Waals surface area contributed by atoms with E-state index in [9.17, 15) is 0 Å². The Morgan fingerprint density at radius 3 is 2.86 bits per heavy atom. The monoisotopic (exact) mass is 186 g/mol. The predicted octanol–water partition coefficient (Wildman–Crippen LogP) is 3.62. The Kier molecular flexibility index (Phi) is 3.78. The van der Waals surface area contributed by atoms with Gasteiger partial charge >= 0.3 is 0 Å². The molecule has 0 spiro atoms. The molecule has 0 aliphatic carbocycles. The molecule has 1 aromatic rings. The second kappa shape index (κ2) is 5.11. The zero-order valence-electron chi connectivity index (χ0n) is 8.58. The van der Waals surface area contributed by atoms with Crippen LogP contribution in [-0.4, -0.2) is 0 Å². The molecule has 0 atom stereocenters.